The molecule has 0 radical (unpaired) electrons. The number of nitrogens with one attached hydrogen (secondary N) is 1. The zero-order valence-electron chi connectivity index (χ0n) is 13.9. The Labute approximate surface area is 149 Å². The molecule has 0 fully saturated rings. The molecule has 0 aromatic heterocycles. The number of ether oxygens (including phenoxy) is 2. The van der Waals surface area contributed by atoms with Gasteiger partial charge in [0.1, 0.15) is 11.6 Å². The first-order valence-electron chi connectivity index (χ1n) is 7.60. The third-order valence-electron chi connectivity index (χ3n) is 3.10. The summed E-state index contributed by atoms with van der Waals surface area (Å²) in [6, 6.07) is 10.4. The van der Waals surface area contributed by atoms with Crippen LogP contribution in [0.4, 0.5) is 24.5 Å². The summed E-state index contributed by atoms with van der Waals surface area (Å²) >= 11 is 6.05. The number of halogens is 4. The second-order valence-electron chi connectivity index (χ2n) is 6.05. The van der Waals surface area contributed by atoms with Gasteiger partial charge in [0, 0.05) is 5.69 Å². The van der Waals surface area contributed by atoms with E-state index < -0.39 is 17.3 Å². The number of alkyl halides is 3. The molecule has 1 N–H and O–H groups in total. The Morgan fingerprint density at radius 2 is 1.80 bits per heavy atom. The minimum atomic E-state index is -2.88. The molecule has 0 aliphatic carbocycles. The summed E-state index contributed by atoms with van der Waals surface area (Å²) in [5, 5.41) is 2.90. The van der Waals surface area contributed by atoms with E-state index in [4.69, 9.17) is 16.3 Å². The molecule has 7 heteroatoms. The highest BCUT2D eigenvalue weighted by molar-refractivity contribution is 6.23. The monoisotopic (exact) mass is 373 g/mol. The van der Waals surface area contributed by atoms with Crippen LogP contribution in [0, 0.1) is 5.82 Å². The SMILES string of the molecule is CC(C)(Cl)COCc1ccc(F)c(Nc2ccc(OC(F)F)cc2)c1. The number of hydrogen-bond acceptors (Lipinski definition) is 3. The van der Waals surface area contributed by atoms with Crippen LogP contribution >= 0.6 is 11.6 Å². The average molecular weight is 374 g/mol. The van der Waals surface area contributed by atoms with E-state index in [9.17, 15) is 13.2 Å². The maximum absolute atomic E-state index is 14.0. The van der Waals surface area contributed by atoms with Crippen LogP contribution in [0.1, 0.15) is 19.4 Å². The fourth-order valence-corrected chi connectivity index (χ4v) is 2.12. The molecule has 2 aromatic rings. The maximum atomic E-state index is 14.0. The van der Waals surface area contributed by atoms with Gasteiger partial charge in [0.25, 0.3) is 0 Å². The summed E-state index contributed by atoms with van der Waals surface area (Å²) < 4.78 is 48.0. The van der Waals surface area contributed by atoms with Gasteiger partial charge in [-0.1, -0.05) is 6.07 Å². The van der Waals surface area contributed by atoms with Gasteiger partial charge in [-0.2, -0.15) is 8.78 Å². The van der Waals surface area contributed by atoms with Crippen LogP contribution in [0.15, 0.2) is 42.5 Å². The number of hydrogen-bond donors (Lipinski definition) is 1. The van der Waals surface area contributed by atoms with E-state index in [1.54, 1.807) is 12.1 Å². The molecule has 136 valence electrons. The highest BCUT2D eigenvalue weighted by atomic mass is 35.5. The molecule has 25 heavy (non-hydrogen) atoms. The lowest BCUT2D eigenvalue weighted by molar-refractivity contribution is -0.0498. The Balaban J connectivity index is 2.02. The summed E-state index contributed by atoms with van der Waals surface area (Å²) in [5.74, 6) is -0.402. The Morgan fingerprint density at radius 3 is 2.40 bits per heavy atom. The van der Waals surface area contributed by atoms with E-state index in [1.165, 1.54) is 30.3 Å². The standard InChI is InChI=1S/C18H19ClF3NO2/c1-18(2,19)11-24-10-12-3-8-15(20)16(9-12)23-13-4-6-14(7-5-13)25-17(21)22/h3-9,17,23H,10-11H2,1-2H3. The molecule has 0 atom stereocenters. The lowest BCUT2D eigenvalue weighted by Crippen LogP contribution is -2.18. The zero-order valence-corrected chi connectivity index (χ0v) is 14.6. The van der Waals surface area contributed by atoms with Gasteiger partial charge in [-0.3, -0.25) is 0 Å². The van der Waals surface area contributed by atoms with Crippen LogP contribution in [0.5, 0.6) is 5.75 Å². The Hall–Kier alpha value is -1.92. The van der Waals surface area contributed by atoms with E-state index >= 15 is 0 Å². The first-order chi connectivity index (χ1) is 11.7. The van der Waals surface area contributed by atoms with Crippen molar-refractivity contribution in [2.45, 2.75) is 31.9 Å². The average Bonchev–Trinajstić information content (AvgIpc) is 2.50. The molecule has 2 rings (SSSR count). The van der Waals surface area contributed by atoms with Crippen molar-refractivity contribution in [3.63, 3.8) is 0 Å². The third-order valence-corrected chi connectivity index (χ3v) is 3.21. The third kappa shape index (κ3) is 6.84. The smallest absolute Gasteiger partial charge is 0.387 e. The molecule has 0 unspecified atom stereocenters. The minimum Gasteiger partial charge on any atom is -0.435 e. The lowest BCUT2D eigenvalue weighted by Gasteiger charge is -2.16. The molecule has 0 aliphatic rings. The summed E-state index contributed by atoms with van der Waals surface area (Å²) in [7, 11) is 0. The van der Waals surface area contributed by atoms with E-state index in [1.807, 2.05) is 13.8 Å². The number of benzene rings is 2. The van der Waals surface area contributed by atoms with Crippen LogP contribution in [-0.4, -0.2) is 18.1 Å². The van der Waals surface area contributed by atoms with Crippen molar-refractivity contribution in [3.8, 4) is 5.75 Å². The molecule has 0 bridgehead atoms. The van der Waals surface area contributed by atoms with Crippen molar-refractivity contribution in [1.82, 2.24) is 0 Å². The molecule has 0 amide bonds. The van der Waals surface area contributed by atoms with Gasteiger partial charge in [0.05, 0.1) is 23.8 Å². The van der Waals surface area contributed by atoms with Crippen molar-refractivity contribution in [1.29, 1.82) is 0 Å². The lowest BCUT2D eigenvalue weighted by atomic mass is 10.2. The Kier molecular flexibility index (Phi) is 6.56. The van der Waals surface area contributed by atoms with Crippen molar-refractivity contribution < 1.29 is 22.6 Å². The van der Waals surface area contributed by atoms with Gasteiger partial charge in [0.2, 0.25) is 0 Å². The Bertz CT molecular complexity index is 688. The minimum absolute atomic E-state index is 0.0341. The van der Waals surface area contributed by atoms with E-state index in [2.05, 4.69) is 10.1 Å². The number of anilines is 2. The summed E-state index contributed by atoms with van der Waals surface area (Å²) in [5.41, 5.74) is 1.58. The second kappa shape index (κ2) is 8.45. The predicted molar refractivity (Wildman–Crippen MR) is 92.3 cm³/mol. The second-order valence-corrected chi connectivity index (χ2v) is 7.08. The van der Waals surface area contributed by atoms with Crippen molar-refractivity contribution in [2.24, 2.45) is 0 Å². The molecule has 0 saturated heterocycles. The molecule has 0 saturated carbocycles. The van der Waals surface area contributed by atoms with Gasteiger partial charge < -0.3 is 14.8 Å². The molecule has 3 nitrogen and oxygen atoms in total. The highest BCUT2D eigenvalue weighted by Crippen LogP contribution is 2.24. The predicted octanol–water partition coefficient (Wildman–Crippen LogP) is 5.70. The van der Waals surface area contributed by atoms with Crippen molar-refractivity contribution >= 4 is 23.0 Å². The van der Waals surface area contributed by atoms with Crippen LogP contribution in [-0.2, 0) is 11.3 Å². The van der Waals surface area contributed by atoms with Crippen molar-refractivity contribution in [2.75, 3.05) is 11.9 Å². The molecular weight excluding hydrogens is 355 g/mol. The van der Waals surface area contributed by atoms with Gasteiger partial charge in [-0.05, 0) is 55.8 Å². The van der Waals surface area contributed by atoms with Gasteiger partial charge in [-0.25, -0.2) is 4.39 Å². The Morgan fingerprint density at radius 1 is 1.12 bits per heavy atom. The fourth-order valence-electron chi connectivity index (χ4n) is 2.04. The van der Waals surface area contributed by atoms with E-state index in [-0.39, 0.29) is 11.4 Å². The summed E-state index contributed by atoms with van der Waals surface area (Å²) in [6.07, 6.45) is 0. The summed E-state index contributed by atoms with van der Waals surface area (Å²) in [4.78, 5) is -0.469. The van der Waals surface area contributed by atoms with E-state index in [0.29, 0.717) is 18.9 Å². The van der Waals surface area contributed by atoms with Crippen LogP contribution in [0.25, 0.3) is 0 Å². The fraction of sp³-hybridized carbons (Fsp3) is 0.333. The molecule has 0 aliphatic heterocycles. The quantitative estimate of drug-likeness (QED) is 0.601. The van der Waals surface area contributed by atoms with Crippen LogP contribution < -0.4 is 10.1 Å². The van der Waals surface area contributed by atoms with Gasteiger partial charge in [0.15, 0.2) is 0 Å². The van der Waals surface area contributed by atoms with Crippen molar-refractivity contribution in [3.05, 3.63) is 53.8 Å². The highest BCUT2D eigenvalue weighted by Gasteiger charge is 2.13. The normalized spacial score (nSPS) is 11.6. The zero-order chi connectivity index (χ0) is 18.4. The maximum Gasteiger partial charge on any atom is 0.387 e. The first-order valence-corrected chi connectivity index (χ1v) is 7.98. The summed E-state index contributed by atoms with van der Waals surface area (Å²) in [6.45, 7) is 1.46. The van der Waals surface area contributed by atoms with Gasteiger partial charge >= 0.3 is 6.61 Å². The number of rotatable bonds is 8. The first kappa shape index (κ1) is 19.4. The van der Waals surface area contributed by atoms with Gasteiger partial charge in [-0.15, -0.1) is 11.6 Å². The molecule has 0 spiro atoms. The van der Waals surface area contributed by atoms with Crippen LogP contribution in [0.2, 0.25) is 0 Å². The van der Waals surface area contributed by atoms with E-state index in [0.717, 1.165) is 5.56 Å². The molecule has 0 heterocycles. The molecule has 2 aromatic carbocycles. The largest absolute Gasteiger partial charge is 0.435 e. The van der Waals surface area contributed by atoms with Crippen LogP contribution in [0.3, 0.4) is 0 Å². The topological polar surface area (TPSA) is 30.5 Å². The molecular formula is C18H19ClF3NO2.